The van der Waals surface area contributed by atoms with Crippen LogP contribution in [0.2, 0.25) is 0 Å². The molecule has 2 N–H and O–H groups in total. The molecular weight excluding hydrogens is 250 g/mol. The van der Waals surface area contributed by atoms with Crippen LogP contribution in [0, 0.1) is 0 Å². The summed E-state index contributed by atoms with van der Waals surface area (Å²) in [5.74, 6) is -0.0828. The summed E-state index contributed by atoms with van der Waals surface area (Å²) in [6.07, 6.45) is 0.186. The molecule has 0 aromatic rings. The first-order valence-corrected chi connectivity index (χ1v) is 6.55. The minimum atomic E-state index is -0.533. The van der Waals surface area contributed by atoms with Gasteiger partial charge >= 0.3 is 6.09 Å². The van der Waals surface area contributed by atoms with Crippen LogP contribution in [0.15, 0.2) is 0 Å². The van der Waals surface area contributed by atoms with E-state index in [1.54, 1.807) is 23.8 Å². The second-order valence-corrected chi connectivity index (χ2v) is 4.40. The Morgan fingerprint density at radius 3 is 2.32 bits per heavy atom. The van der Waals surface area contributed by atoms with Crippen LogP contribution in [0.5, 0.6) is 0 Å². The molecule has 1 aliphatic rings. The van der Waals surface area contributed by atoms with E-state index in [0.29, 0.717) is 45.8 Å². The molecule has 110 valence electrons. The maximum Gasteiger partial charge on any atom is 0.409 e. The van der Waals surface area contributed by atoms with E-state index in [1.165, 1.54) is 0 Å². The van der Waals surface area contributed by atoms with E-state index in [2.05, 4.69) is 0 Å². The lowest BCUT2D eigenvalue weighted by atomic mass is 10.2. The summed E-state index contributed by atoms with van der Waals surface area (Å²) >= 11 is 0. The first-order chi connectivity index (χ1) is 9.10. The molecule has 0 saturated carbocycles. The van der Waals surface area contributed by atoms with Gasteiger partial charge in [0.05, 0.1) is 12.6 Å². The van der Waals surface area contributed by atoms with E-state index >= 15 is 0 Å². The van der Waals surface area contributed by atoms with Crippen molar-refractivity contribution < 1.29 is 19.1 Å². The Morgan fingerprint density at radius 1 is 1.21 bits per heavy atom. The molecule has 1 aliphatic heterocycles. The average molecular weight is 273 g/mol. The summed E-state index contributed by atoms with van der Waals surface area (Å²) in [5, 5.41) is 0. The van der Waals surface area contributed by atoms with Crippen LogP contribution in [-0.2, 0) is 14.3 Å². The zero-order valence-corrected chi connectivity index (χ0v) is 11.6. The minimum Gasteiger partial charge on any atom is -0.450 e. The SMILES string of the molecule is CCOC(=O)N1CCN(C(=O)C(N)CCOC)CC1. The smallest absolute Gasteiger partial charge is 0.409 e. The molecule has 0 aliphatic carbocycles. The number of carbonyl (C=O) groups excluding carboxylic acids is 2. The highest BCUT2D eigenvalue weighted by atomic mass is 16.6. The van der Waals surface area contributed by atoms with Gasteiger partial charge in [-0.1, -0.05) is 0 Å². The molecule has 0 bridgehead atoms. The second-order valence-electron chi connectivity index (χ2n) is 4.40. The molecule has 0 spiro atoms. The van der Waals surface area contributed by atoms with E-state index < -0.39 is 6.04 Å². The van der Waals surface area contributed by atoms with Crippen molar-refractivity contribution in [2.45, 2.75) is 19.4 Å². The van der Waals surface area contributed by atoms with Crippen molar-refractivity contribution in [3.8, 4) is 0 Å². The van der Waals surface area contributed by atoms with Crippen molar-refractivity contribution in [3.63, 3.8) is 0 Å². The van der Waals surface area contributed by atoms with Gasteiger partial charge in [0.15, 0.2) is 0 Å². The van der Waals surface area contributed by atoms with Gasteiger partial charge in [-0.3, -0.25) is 4.79 Å². The van der Waals surface area contributed by atoms with Gasteiger partial charge in [-0.25, -0.2) is 4.79 Å². The summed E-state index contributed by atoms with van der Waals surface area (Å²) in [7, 11) is 1.58. The van der Waals surface area contributed by atoms with Gasteiger partial charge in [0.2, 0.25) is 5.91 Å². The molecule has 0 aromatic heterocycles. The fraction of sp³-hybridized carbons (Fsp3) is 0.833. The van der Waals surface area contributed by atoms with Crippen molar-refractivity contribution >= 4 is 12.0 Å². The number of nitrogens with zero attached hydrogens (tertiary/aromatic N) is 2. The lowest BCUT2D eigenvalue weighted by molar-refractivity contribution is -0.134. The lowest BCUT2D eigenvalue weighted by Crippen LogP contribution is -2.54. The molecule has 1 rings (SSSR count). The van der Waals surface area contributed by atoms with Crippen molar-refractivity contribution in [2.24, 2.45) is 5.73 Å². The fourth-order valence-electron chi connectivity index (χ4n) is 1.93. The predicted octanol–water partition coefficient (Wildman–Crippen LogP) is -0.349. The maximum absolute atomic E-state index is 12.0. The van der Waals surface area contributed by atoms with Crippen LogP contribution in [0.3, 0.4) is 0 Å². The minimum absolute atomic E-state index is 0.0828. The van der Waals surface area contributed by atoms with E-state index in [4.69, 9.17) is 15.2 Å². The van der Waals surface area contributed by atoms with Crippen LogP contribution in [0.25, 0.3) is 0 Å². The maximum atomic E-state index is 12.0. The number of carbonyl (C=O) groups is 2. The van der Waals surface area contributed by atoms with Crippen molar-refractivity contribution in [3.05, 3.63) is 0 Å². The number of nitrogens with two attached hydrogens (primary N) is 1. The molecule has 1 saturated heterocycles. The van der Waals surface area contributed by atoms with Crippen LogP contribution >= 0.6 is 0 Å². The van der Waals surface area contributed by atoms with E-state index in [-0.39, 0.29) is 12.0 Å². The Morgan fingerprint density at radius 2 is 1.79 bits per heavy atom. The number of ether oxygens (including phenoxy) is 2. The Hall–Kier alpha value is -1.34. The van der Waals surface area contributed by atoms with Gasteiger partial charge in [-0.2, -0.15) is 0 Å². The third kappa shape index (κ3) is 4.68. The standard InChI is InChI=1S/C12H23N3O4/c1-3-19-12(17)15-7-5-14(6-8-15)11(16)10(13)4-9-18-2/h10H,3-9,13H2,1-2H3. The van der Waals surface area contributed by atoms with E-state index in [9.17, 15) is 9.59 Å². The third-order valence-electron chi connectivity index (χ3n) is 3.07. The largest absolute Gasteiger partial charge is 0.450 e. The van der Waals surface area contributed by atoms with Crippen LogP contribution < -0.4 is 5.73 Å². The Balaban J connectivity index is 2.36. The Kier molecular flexibility index (Phi) is 6.58. The topological polar surface area (TPSA) is 85.1 Å². The van der Waals surface area contributed by atoms with E-state index in [1.807, 2.05) is 0 Å². The molecule has 1 fully saturated rings. The molecule has 0 aromatic carbocycles. The Labute approximate surface area is 113 Å². The average Bonchev–Trinajstić information content (AvgIpc) is 2.44. The highest BCUT2D eigenvalue weighted by molar-refractivity contribution is 5.82. The van der Waals surface area contributed by atoms with Gasteiger partial charge in [-0.05, 0) is 13.3 Å². The number of piperazine rings is 1. The van der Waals surface area contributed by atoms with Gasteiger partial charge < -0.3 is 25.0 Å². The normalized spacial score (nSPS) is 17.2. The zero-order valence-electron chi connectivity index (χ0n) is 11.6. The van der Waals surface area contributed by atoms with Crippen LogP contribution in [0.1, 0.15) is 13.3 Å². The summed E-state index contributed by atoms with van der Waals surface area (Å²) in [6.45, 7) is 4.57. The molecule has 1 unspecified atom stereocenters. The van der Waals surface area contributed by atoms with Gasteiger partial charge in [0.25, 0.3) is 0 Å². The molecule has 1 atom stereocenters. The van der Waals surface area contributed by atoms with Gasteiger partial charge in [0.1, 0.15) is 0 Å². The first kappa shape index (κ1) is 15.7. The summed E-state index contributed by atoms with van der Waals surface area (Å²) in [4.78, 5) is 26.8. The summed E-state index contributed by atoms with van der Waals surface area (Å²) < 4.78 is 9.83. The number of hydrogen-bond acceptors (Lipinski definition) is 5. The fourth-order valence-corrected chi connectivity index (χ4v) is 1.93. The first-order valence-electron chi connectivity index (χ1n) is 6.55. The molecule has 2 amide bonds. The predicted molar refractivity (Wildman–Crippen MR) is 69.6 cm³/mol. The van der Waals surface area contributed by atoms with Crippen molar-refractivity contribution in [2.75, 3.05) is 46.5 Å². The van der Waals surface area contributed by atoms with E-state index in [0.717, 1.165) is 0 Å². The molecule has 19 heavy (non-hydrogen) atoms. The third-order valence-corrected chi connectivity index (χ3v) is 3.07. The molecular formula is C12H23N3O4. The number of amides is 2. The van der Waals surface area contributed by atoms with Crippen LogP contribution in [0.4, 0.5) is 4.79 Å². The number of rotatable bonds is 5. The lowest BCUT2D eigenvalue weighted by Gasteiger charge is -2.35. The van der Waals surface area contributed by atoms with Gasteiger partial charge in [0, 0.05) is 39.9 Å². The van der Waals surface area contributed by atoms with Crippen molar-refractivity contribution in [1.82, 2.24) is 9.80 Å². The molecule has 7 heteroatoms. The summed E-state index contributed by atoms with van der Waals surface area (Å²) in [6, 6.07) is -0.533. The van der Waals surface area contributed by atoms with Crippen LogP contribution in [-0.4, -0.2) is 74.3 Å². The monoisotopic (exact) mass is 273 g/mol. The molecule has 1 heterocycles. The number of hydrogen-bond donors (Lipinski definition) is 1. The van der Waals surface area contributed by atoms with Crippen molar-refractivity contribution in [1.29, 1.82) is 0 Å². The summed E-state index contributed by atoms with van der Waals surface area (Å²) in [5.41, 5.74) is 5.80. The second kappa shape index (κ2) is 7.96. The number of methoxy groups -OCH3 is 1. The molecule has 0 radical (unpaired) electrons. The quantitative estimate of drug-likeness (QED) is 0.740. The zero-order chi connectivity index (χ0) is 14.3. The van der Waals surface area contributed by atoms with Gasteiger partial charge in [-0.15, -0.1) is 0 Å². The highest BCUT2D eigenvalue weighted by Crippen LogP contribution is 2.06. The highest BCUT2D eigenvalue weighted by Gasteiger charge is 2.27. The molecule has 7 nitrogen and oxygen atoms in total. The Bertz CT molecular complexity index is 303.